The van der Waals surface area contributed by atoms with Crippen LogP contribution in [0.15, 0.2) is 40.9 Å². The van der Waals surface area contributed by atoms with Crippen LogP contribution < -0.4 is 16.0 Å². The number of nitrogens with zero attached hydrogens (tertiary/aromatic N) is 2. The van der Waals surface area contributed by atoms with Crippen molar-refractivity contribution in [1.29, 1.82) is 0 Å². The van der Waals surface area contributed by atoms with Gasteiger partial charge in [-0.1, -0.05) is 12.1 Å². The second-order valence-electron chi connectivity index (χ2n) is 8.83. The number of carboxylic acids is 2. The van der Waals surface area contributed by atoms with Crippen LogP contribution in [-0.4, -0.2) is 52.2 Å². The third-order valence-corrected chi connectivity index (χ3v) is 6.56. The minimum Gasteiger partial charge on any atom is -0.478 e. The number of rotatable bonds is 5. The van der Waals surface area contributed by atoms with E-state index >= 15 is 0 Å². The molecule has 0 unspecified atom stereocenters. The van der Waals surface area contributed by atoms with Crippen LogP contribution in [0.2, 0.25) is 0 Å². The number of hydrogen-bond donors (Lipinski definition) is 4. The summed E-state index contributed by atoms with van der Waals surface area (Å²) in [5.41, 5.74) is 10.6. The van der Waals surface area contributed by atoms with Gasteiger partial charge in [0.15, 0.2) is 5.58 Å². The van der Waals surface area contributed by atoms with E-state index in [1.165, 1.54) is 12.1 Å². The van der Waals surface area contributed by atoms with Gasteiger partial charge in [-0.2, -0.15) is 0 Å². The number of carbonyl (C=O) groups is 4. The zero-order chi connectivity index (χ0) is 27.6. The highest BCUT2D eigenvalue weighted by Crippen LogP contribution is 2.39. The molecule has 3 aromatic rings. The number of anilines is 2. The summed E-state index contributed by atoms with van der Waals surface area (Å²) in [7, 11) is 0. The predicted molar refractivity (Wildman–Crippen MR) is 135 cm³/mol. The van der Waals surface area contributed by atoms with Gasteiger partial charge in [-0.05, 0) is 43.0 Å². The largest absolute Gasteiger partial charge is 0.478 e. The molecular formula is C26H25FN4O7. The lowest BCUT2D eigenvalue weighted by molar-refractivity contribution is -0.134. The number of halogens is 1. The number of hydrogen-bond acceptors (Lipinski definition) is 8. The molecule has 1 fully saturated rings. The van der Waals surface area contributed by atoms with Crippen LogP contribution >= 0.6 is 0 Å². The van der Waals surface area contributed by atoms with Crippen LogP contribution in [0.4, 0.5) is 15.8 Å². The van der Waals surface area contributed by atoms with E-state index in [1.807, 2.05) is 6.92 Å². The van der Waals surface area contributed by atoms with Crippen LogP contribution in [0.25, 0.3) is 11.0 Å². The summed E-state index contributed by atoms with van der Waals surface area (Å²) in [5.74, 6) is -3.42. The number of benzene rings is 2. The van der Waals surface area contributed by atoms with Crippen molar-refractivity contribution < 1.29 is 38.3 Å². The number of aliphatic carboxylic acids is 2. The van der Waals surface area contributed by atoms with Gasteiger partial charge in [-0.25, -0.2) is 14.0 Å². The van der Waals surface area contributed by atoms with Crippen molar-refractivity contribution in [2.45, 2.75) is 32.1 Å². The summed E-state index contributed by atoms with van der Waals surface area (Å²) in [6.07, 6.45) is 3.33. The summed E-state index contributed by atoms with van der Waals surface area (Å²) in [5, 5.41) is 23.0. The van der Waals surface area contributed by atoms with Crippen LogP contribution in [0.1, 0.15) is 57.7 Å². The molecule has 0 spiro atoms. The number of carbonyl (C=O) groups excluding carboxylic acids is 2. The molecule has 11 nitrogen and oxygen atoms in total. The number of amides is 2. The Kier molecular flexibility index (Phi) is 7.42. The van der Waals surface area contributed by atoms with Gasteiger partial charge in [-0.15, -0.1) is 0 Å². The van der Waals surface area contributed by atoms with Gasteiger partial charge in [0.2, 0.25) is 0 Å². The number of piperidine rings is 1. The second-order valence-corrected chi connectivity index (χ2v) is 8.83. The minimum absolute atomic E-state index is 0.194. The topological polar surface area (TPSA) is 176 Å². The maximum absolute atomic E-state index is 13.4. The first-order valence-corrected chi connectivity index (χ1v) is 11.8. The number of carboxylic acid groups (broad SMARTS) is 2. The molecule has 0 bridgehead atoms. The van der Waals surface area contributed by atoms with Crippen LogP contribution in [0.5, 0.6) is 0 Å². The van der Waals surface area contributed by atoms with Crippen molar-refractivity contribution in [3.8, 4) is 0 Å². The summed E-state index contributed by atoms with van der Waals surface area (Å²) in [6, 6.07) is 6.22. The first kappa shape index (κ1) is 26.3. The van der Waals surface area contributed by atoms with Crippen LogP contribution in [-0.2, 0) is 16.0 Å². The number of nitrogens with one attached hydrogen (secondary N) is 1. The smallest absolute Gasteiger partial charge is 0.328 e. The molecule has 2 aromatic carbocycles. The molecule has 12 heteroatoms. The molecule has 198 valence electrons. The average molecular weight is 525 g/mol. The third kappa shape index (κ3) is 5.19. The molecule has 0 radical (unpaired) electrons. The molecule has 2 amide bonds. The van der Waals surface area contributed by atoms with Crippen molar-refractivity contribution in [2.24, 2.45) is 0 Å². The molecule has 2 aliphatic rings. The summed E-state index contributed by atoms with van der Waals surface area (Å²) in [4.78, 5) is 45.6. The van der Waals surface area contributed by atoms with Gasteiger partial charge in [0, 0.05) is 42.6 Å². The van der Waals surface area contributed by atoms with E-state index in [0.717, 1.165) is 48.3 Å². The first-order chi connectivity index (χ1) is 18.1. The zero-order valence-electron chi connectivity index (χ0n) is 20.4. The summed E-state index contributed by atoms with van der Waals surface area (Å²) in [6.45, 7) is 3.38. The molecule has 5 rings (SSSR count). The van der Waals surface area contributed by atoms with E-state index in [0.29, 0.717) is 41.0 Å². The number of fused-ring (bicyclic) bond motifs is 2. The van der Waals surface area contributed by atoms with Crippen molar-refractivity contribution >= 4 is 46.1 Å². The SMILES string of the molecule is CCc1c(N)c(N2CCC(c3noc4cc(F)ccc34)CC2)cc2c1C(=O)NC2=O.O=C(O)C=CC(=O)O. The Balaban J connectivity index is 0.000000368. The van der Waals surface area contributed by atoms with E-state index < -0.39 is 11.9 Å². The summed E-state index contributed by atoms with van der Waals surface area (Å²) >= 11 is 0. The fourth-order valence-electron chi connectivity index (χ4n) is 4.80. The lowest BCUT2D eigenvalue weighted by atomic mass is 9.90. The predicted octanol–water partition coefficient (Wildman–Crippen LogP) is 3.09. The van der Waals surface area contributed by atoms with Gasteiger partial charge in [0.25, 0.3) is 11.8 Å². The van der Waals surface area contributed by atoms with Crippen molar-refractivity contribution in [1.82, 2.24) is 10.5 Å². The molecule has 0 saturated carbocycles. The van der Waals surface area contributed by atoms with Gasteiger partial charge < -0.3 is 25.4 Å². The van der Waals surface area contributed by atoms with Crippen molar-refractivity contribution in [2.75, 3.05) is 23.7 Å². The zero-order valence-corrected chi connectivity index (χ0v) is 20.4. The quantitative estimate of drug-likeness (QED) is 0.220. The molecule has 5 N–H and O–H groups in total. The monoisotopic (exact) mass is 524 g/mol. The standard InChI is InChI=1S/C22H21FN4O3.C4H4O4/c1-2-13-18-15(21(28)25-22(18)29)10-16(19(13)24)27-7-5-11(6-8-27)20-14-4-3-12(23)9-17(14)30-26-20;5-3(6)1-2-4(7)8/h3-4,9-11H,2,5-8,24H2,1H3,(H,25,28,29);1-2H,(H,5,6)(H,7,8). The van der Waals surface area contributed by atoms with Gasteiger partial charge in [0.05, 0.1) is 28.2 Å². The van der Waals surface area contributed by atoms with E-state index in [-0.39, 0.29) is 23.5 Å². The Morgan fingerprint density at radius 1 is 1.16 bits per heavy atom. The molecule has 1 saturated heterocycles. The first-order valence-electron chi connectivity index (χ1n) is 11.8. The Morgan fingerprint density at radius 3 is 2.42 bits per heavy atom. The second kappa shape index (κ2) is 10.7. The highest BCUT2D eigenvalue weighted by Gasteiger charge is 2.33. The van der Waals surface area contributed by atoms with E-state index in [9.17, 15) is 23.6 Å². The van der Waals surface area contributed by atoms with E-state index in [1.54, 1.807) is 12.1 Å². The van der Waals surface area contributed by atoms with Crippen molar-refractivity contribution in [3.63, 3.8) is 0 Å². The third-order valence-electron chi connectivity index (χ3n) is 6.56. The van der Waals surface area contributed by atoms with Gasteiger partial charge in [-0.3, -0.25) is 14.9 Å². The van der Waals surface area contributed by atoms with Crippen LogP contribution in [0, 0.1) is 5.82 Å². The highest BCUT2D eigenvalue weighted by atomic mass is 19.1. The molecular weight excluding hydrogens is 499 g/mol. The van der Waals surface area contributed by atoms with Crippen molar-refractivity contribution in [3.05, 3.63) is 64.6 Å². The van der Waals surface area contributed by atoms with Gasteiger partial charge in [0.1, 0.15) is 5.82 Å². The lowest BCUT2D eigenvalue weighted by Gasteiger charge is -2.34. The Hall–Kier alpha value is -4.74. The number of imide groups is 1. The van der Waals surface area contributed by atoms with E-state index in [2.05, 4.69) is 15.4 Å². The maximum atomic E-state index is 13.4. The lowest BCUT2D eigenvalue weighted by Crippen LogP contribution is -2.34. The number of aromatic nitrogens is 1. The Morgan fingerprint density at radius 2 is 1.82 bits per heavy atom. The fourth-order valence-corrected chi connectivity index (χ4v) is 4.80. The highest BCUT2D eigenvalue weighted by molar-refractivity contribution is 6.23. The minimum atomic E-state index is -1.26. The molecule has 2 aliphatic heterocycles. The van der Waals surface area contributed by atoms with Gasteiger partial charge >= 0.3 is 11.9 Å². The van der Waals surface area contributed by atoms with Crippen LogP contribution in [0.3, 0.4) is 0 Å². The number of nitrogen functional groups attached to an aromatic ring is 1. The average Bonchev–Trinajstić information content (AvgIpc) is 3.42. The number of nitrogens with two attached hydrogens (primary N) is 1. The normalized spacial score (nSPS) is 15.4. The van der Waals surface area contributed by atoms with E-state index in [4.69, 9.17) is 20.5 Å². The maximum Gasteiger partial charge on any atom is 0.328 e. The fraction of sp³-hybridized carbons (Fsp3) is 0.269. The Labute approximate surface area is 215 Å². The Bertz CT molecular complexity index is 1460. The molecule has 3 heterocycles. The molecule has 0 atom stereocenters. The molecule has 0 aliphatic carbocycles. The molecule has 1 aromatic heterocycles. The molecule has 38 heavy (non-hydrogen) atoms. The summed E-state index contributed by atoms with van der Waals surface area (Å²) < 4.78 is 18.7.